The van der Waals surface area contributed by atoms with E-state index in [-0.39, 0.29) is 15.6 Å². The highest BCUT2D eigenvalue weighted by molar-refractivity contribution is 7.91. The summed E-state index contributed by atoms with van der Waals surface area (Å²) in [5.41, 5.74) is 2.64. The number of nitrogens with zero attached hydrogens (tertiary/aromatic N) is 4. The fourth-order valence-electron chi connectivity index (χ4n) is 4.14. The van der Waals surface area contributed by atoms with Crippen molar-refractivity contribution >= 4 is 42.9 Å². The number of anilines is 1. The van der Waals surface area contributed by atoms with Crippen molar-refractivity contribution in [3.05, 3.63) is 40.8 Å². The minimum Gasteiger partial charge on any atom is -0.366 e. The molecule has 7 nitrogen and oxygen atoms in total. The van der Waals surface area contributed by atoms with Crippen LogP contribution >= 0.6 is 11.3 Å². The molecule has 1 fully saturated rings. The summed E-state index contributed by atoms with van der Waals surface area (Å²) in [7, 11) is -3.86. The van der Waals surface area contributed by atoms with E-state index >= 15 is 0 Å². The van der Waals surface area contributed by atoms with E-state index in [2.05, 4.69) is 15.6 Å². The third-order valence-electron chi connectivity index (χ3n) is 5.76. The van der Waals surface area contributed by atoms with Gasteiger partial charge in [0, 0.05) is 6.04 Å². The second-order valence-corrected chi connectivity index (χ2v) is 10.7. The molecule has 0 saturated heterocycles. The summed E-state index contributed by atoms with van der Waals surface area (Å²) in [6.07, 6.45) is 5.88. The van der Waals surface area contributed by atoms with Gasteiger partial charge in [0.1, 0.15) is 5.82 Å². The summed E-state index contributed by atoms with van der Waals surface area (Å²) in [6, 6.07) is 7.68. The largest absolute Gasteiger partial charge is 0.366 e. The van der Waals surface area contributed by atoms with Gasteiger partial charge in [0.05, 0.1) is 15.1 Å². The van der Waals surface area contributed by atoms with E-state index in [1.54, 1.807) is 24.3 Å². The molecule has 3 heterocycles. The Bertz CT molecular complexity index is 1350. The molecule has 0 radical (unpaired) electrons. The smallest absolute Gasteiger partial charge is 0.229 e. The third-order valence-corrected chi connectivity index (χ3v) is 8.46. The van der Waals surface area contributed by atoms with Gasteiger partial charge < -0.3 is 5.32 Å². The van der Waals surface area contributed by atoms with Crippen LogP contribution in [0.4, 0.5) is 5.82 Å². The maximum absolute atomic E-state index is 13.5. The first-order valence-corrected chi connectivity index (χ1v) is 12.5. The summed E-state index contributed by atoms with van der Waals surface area (Å²) in [6.45, 7) is 3.67. The number of nitrogens with one attached hydrogen (secondary N) is 1. The molecule has 1 aliphatic carbocycles. The molecule has 0 bridgehead atoms. The lowest BCUT2D eigenvalue weighted by Gasteiger charge is -2.23. The number of aromatic nitrogens is 4. The number of thiophene rings is 1. The summed E-state index contributed by atoms with van der Waals surface area (Å²) < 4.78 is 29.5. The second kappa shape index (κ2) is 7.31. The lowest BCUT2D eigenvalue weighted by atomic mass is 9.95. The zero-order valence-corrected chi connectivity index (χ0v) is 18.6. The van der Waals surface area contributed by atoms with Crippen LogP contribution < -0.4 is 5.32 Å². The average molecular weight is 442 g/mol. The molecule has 5 rings (SSSR count). The SMILES string of the molecule is Cc1ccc(C)c(S(=O)(=O)c2nnn3c2nc(NC2CCCCC2)c2sccc23)c1. The highest BCUT2D eigenvalue weighted by atomic mass is 32.2. The van der Waals surface area contributed by atoms with Crippen molar-refractivity contribution in [2.45, 2.75) is 61.9 Å². The molecule has 1 aromatic carbocycles. The molecule has 156 valence electrons. The third kappa shape index (κ3) is 3.16. The second-order valence-electron chi connectivity index (χ2n) is 7.98. The molecule has 0 amide bonds. The lowest BCUT2D eigenvalue weighted by molar-refractivity contribution is 0.462. The molecule has 1 aliphatic rings. The number of aryl methyl sites for hydroxylation is 2. The summed E-state index contributed by atoms with van der Waals surface area (Å²) >= 11 is 1.57. The molecule has 9 heteroatoms. The highest BCUT2D eigenvalue weighted by Crippen LogP contribution is 2.33. The van der Waals surface area contributed by atoms with E-state index in [1.807, 2.05) is 30.5 Å². The Morgan fingerprint density at radius 3 is 2.73 bits per heavy atom. The molecule has 0 spiro atoms. The molecular formula is C21H23N5O2S2. The summed E-state index contributed by atoms with van der Waals surface area (Å²) in [5.74, 6) is 0.721. The van der Waals surface area contributed by atoms with E-state index in [0.29, 0.717) is 11.6 Å². The topological polar surface area (TPSA) is 89.2 Å². The van der Waals surface area contributed by atoms with Crippen molar-refractivity contribution in [2.75, 3.05) is 5.32 Å². The maximum atomic E-state index is 13.5. The van der Waals surface area contributed by atoms with Gasteiger partial charge in [-0.05, 0) is 55.3 Å². The fourth-order valence-corrected chi connectivity index (χ4v) is 6.52. The predicted octanol–water partition coefficient (Wildman–Crippen LogP) is 4.53. The van der Waals surface area contributed by atoms with Crippen LogP contribution in [-0.2, 0) is 9.84 Å². The fraction of sp³-hybridized carbons (Fsp3) is 0.381. The lowest BCUT2D eigenvalue weighted by Crippen LogP contribution is -2.23. The van der Waals surface area contributed by atoms with Gasteiger partial charge in [-0.3, -0.25) is 0 Å². The zero-order chi connectivity index (χ0) is 20.9. The molecular weight excluding hydrogens is 418 g/mol. The van der Waals surface area contributed by atoms with Crippen molar-refractivity contribution in [3.63, 3.8) is 0 Å². The summed E-state index contributed by atoms with van der Waals surface area (Å²) in [5, 5.41) is 13.7. The molecule has 1 N–H and O–H groups in total. The quantitative estimate of drug-likeness (QED) is 0.500. The van der Waals surface area contributed by atoms with Crippen molar-refractivity contribution in [1.82, 2.24) is 19.8 Å². The Balaban J connectivity index is 1.69. The first-order chi connectivity index (χ1) is 14.4. The van der Waals surface area contributed by atoms with E-state index in [4.69, 9.17) is 4.98 Å². The molecule has 4 aromatic rings. The predicted molar refractivity (Wildman–Crippen MR) is 118 cm³/mol. The van der Waals surface area contributed by atoms with Crippen LogP contribution in [0.1, 0.15) is 43.2 Å². The van der Waals surface area contributed by atoms with Gasteiger partial charge in [0.2, 0.25) is 14.9 Å². The first kappa shape index (κ1) is 19.4. The Morgan fingerprint density at radius 2 is 1.93 bits per heavy atom. The standard InChI is InChI=1S/C21H23N5O2S2/c1-13-8-9-14(2)17(12-13)30(27,28)21-20-23-19(22-15-6-4-3-5-7-15)18-16(10-11-29-18)26(20)25-24-21/h8-12,15H,3-7H2,1-2H3,(H,22,23). The molecule has 1 saturated carbocycles. The number of hydrogen-bond acceptors (Lipinski definition) is 7. The monoisotopic (exact) mass is 441 g/mol. The van der Waals surface area contributed by atoms with Crippen LogP contribution in [0.5, 0.6) is 0 Å². The number of benzene rings is 1. The van der Waals surface area contributed by atoms with Crippen molar-refractivity contribution in [1.29, 1.82) is 0 Å². The van der Waals surface area contributed by atoms with Gasteiger partial charge in [-0.2, -0.15) is 4.52 Å². The van der Waals surface area contributed by atoms with E-state index in [9.17, 15) is 8.42 Å². The van der Waals surface area contributed by atoms with Crippen LogP contribution in [0.15, 0.2) is 39.6 Å². The molecule has 0 atom stereocenters. The molecule has 3 aromatic heterocycles. The van der Waals surface area contributed by atoms with Crippen molar-refractivity contribution < 1.29 is 8.42 Å². The Labute approximate surface area is 179 Å². The van der Waals surface area contributed by atoms with Gasteiger partial charge in [-0.1, -0.05) is 36.6 Å². The van der Waals surface area contributed by atoms with E-state index in [0.717, 1.165) is 34.4 Å². The zero-order valence-electron chi connectivity index (χ0n) is 16.9. The van der Waals surface area contributed by atoms with Crippen LogP contribution in [0, 0.1) is 13.8 Å². The van der Waals surface area contributed by atoms with E-state index in [1.165, 1.54) is 23.8 Å². The van der Waals surface area contributed by atoms with Gasteiger partial charge in [0.25, 0.3) is 0 Å². The normalized spacial score (nSPS) is 15.8. The number of sulfone groups is 1. The van der Waals surface area contributed by atoms with Gasteiger partial charge >= 0.3 is 0 Å². The number of rotatable bonds is 4. The van der Waals surface area contributed by atoms with Gasteiger partial charge in [-0.25, -0.2) is 13.4 Å². The first-order valence-electron chi connectivity index (χ1n) is 10.2. The minimum absolute atomic E-state index is 0.101. The Kier molecular flexibility index (Phi) is 4.74. The van der Waals surface area contributed by atoms with Crippen molar-refractivity contribution in [2.24, 2.45) is 0 Å². The Morgan fingerprint density at radius 1 is 1.13 bits per heavy atom. The molecule has 0 unspecified atom stereocenters. The van der Waals surface area contributed by atoms with Crippen LogP contribution in [0.2, 0.25) is 0 Å². The van der Waals surface area contributed by atoms with Crippen LogP contribution in [0.3, 0.4) is 0 Å². The average Bonchev–Trinajstić information content (AvgIpc) is 3.38. The molecule has 0 aliphatic heterocycles. The van der Waals surface area contributed by atoms with Crippen molar-refractivity contribution in [3.8, 4) is 0 Å². The van der Waals surface area contributed by atoms with Crippen LogP contribution in [0.25, 0.3) is 15.9 Å². The molecule has 30 heavy (non-hydrogen) atoms. The minimum atomic E-state index is -3.86. The van der Waals surface area contributed by atoms with Gasteiger partial charge in [0.15, 0.2) is 5.65 Å². The van der Waals surface area contributed by atoms with Crippen LogP contribution in [-0.4, -0.2) is 34.3 Å². The Hall–Kier alpha value is -2.52. The number of hydrogen-bond donors (Lipinski definition) is 1. The maximum Gasteiger partial charge on any atom is 0.229 e. The number of fused-ring (bicyclic) bond motifs is 3. The summed E-state index contributed by atoms with van der Waals surface area (Å²) in [4.78, 5) is 4.98. The van der Waals surface area contributed by atoms with Gasteiger partial charge in [-0.15, -0.1) is 16.4 Å². The highest BCUT2D eigenvalue weighted by Gasteiger charge is 2.29. The van der Waals surface area contributed by atoms with E-state index < -0.39 is 9.84 Å².